The van der Waals surface area contributed by atoms with E-state index in [0.29, 0.717) is 0 Å². The standard InChI is InChI=1S/C5H11NS3/c1-9-5(8)6-3-2-4-7/h7H,2-4H2,1H3,(H,6,8). The first-order chi connectivity index (χ1) is 4.31. The highest BCUT2D eigenvalue weighted by atomic mass is 32.2. The zero-order valence-electron chi connectivity index (χ0n) is 5.39. The smallest absolute Gasteiger partial charge is 0.133 e. The Kier molecular flexibility index (Phi) is 7.15. The third kappa shape index (κ3) is 6.48. The summed E-state index contributed by atoms with van der Waals surface area (Å²) in [6, 6.07) is 0. The molecule has 0 fully saturated rings. The Labute approximate surface area is 71.4 Å². The van der Waals surface area contributed by atoms with Crippen molar-refractivity contribution < 1.29 is 0 Å². The maximum atomic E-state index is 4.90. The summed E-state index contributed by atoms with van der Waals surface area (Å²) in [4.78, 5) is 0. The molecule has 0 rings (SSSR count). The molecule has 0 aromatic rings. The largest absolute Gasteiger partial charge is 0.371 e. The summed E-state index contributed by atoms with van der Waals surface area (Å²) in [6.45, 7) is 0.948. The lowest BCUT2D eigenvalue weighted by atomic mass is 10.5. The van der Waals surface area contributed by atoms with Crippen LogP contribution in [0.25, 0.3) is 0 Å². The van der Waals surface area contributed by atoms with Crippen molar-refractivity contribution in [2.45, 2.75) is 6.42 Å². The molecule has 4 heteroatoms. The Morgan fingerprint density at radius 2 is 2.44 bits per heavy atom. The van der Waals surface area contributed by atoms with Crippen molar-refractivity contribution >= 4 is 40.9 Å². The van der Waals surface area contributed by atoms with E-state index in [-0.39, 0.29) is 0 Å². The lowest BCUT2D eigenvalue weighted by Gasteiger charge is -2.01. The summed E-state index contributed by atoms with van der Waals surface area (Å²) >= 11 is 10.5. The van der Waals surface area contributed by atoms with E-state index >= 15 is 0 Å². The van der Waals surface area contributed by atoms with Crippen LogP contribution in [-0.4, -0.2) is 22.9 Å². The zero-order chi connectivity index (χ0) is 7.11. The van der Waals surface area contributed by atoms with E-state index < -0.39 is 0 Å². The Morgan fingerprint density at radius 1 is 1.78 bits per heavy atom. The van der Waals surface area contributed by atoms with E-state index in [1.54, 1.807) is 11.8 Å². The van der Waals surface area contributed by atoms with Gasteiger partial charge in [-0.05, 0) is 18.4 Å². The van der Waals surface area contributed by atoms with Gasteiger partial charge in [0.15, 0.2) is 0 Å². The van der Waals surface area contributed by atoms with Crippen molar-refractivity contribution in [2.75, 3.05) is 18.6 Å². The Bertz CT molecular complexity index is 84.3. The SMILES string of the molecule is CSC(=S)NCCCS. The molecule has 0 radical (unpaired) electrons. The molecule has 0 aliphatic rings. The molecule has 0 aromatic carbocycles. The molecular weight excluding hydrogens is 170 g/mol. The number of rotatable bonds is 3. The minimum Gasteiger partial charge on any atom is -0.371 e. The summed E-state index contributed by atoms with van der Waals surface area (Å²) in [7, 11) is 0. The fourth-order valence-electron chi connectivity index (χ4n) is 0.342. The van der Waals surface area contributed by atoms with E-state index in [4.69, 9.17) is 12.2 Å². The number of hydrogen-bond donors (Lipinski definition) is 2. The van der Waals surface area contributed by atoms with Gasteiger partial charge in [0.05, 0.1) is 0 Å². The monoisotopic (exact) mass is 181 g/mol. The molecule has 0 aliphatic heterocycles. The van der Waals surface area contributed by atoms with E-state index in [9.17, 15) is 0 Å². The predicted molar refractivity (Wildman–Crippen MR) is 52.6 cm³/mol. The molecule has 0 saturated carbocycles. The molecule has 0 bridgehead atoms. The van der Waals surface area contributed by atoms with Crippen molar-refractivity contribution in [2.24, 2.45) is 0 Å². The van der Waals surface area contributed by atoms with Crippen LogP contribution in [0.4, 0.5) is 0 Å². The first kappa shape index (κ1) is 9.59. The van der Waals surface area contributed by atoms with Crippen molar-refractivity contribution in [3.63, 3.8) is 0 Å². The quantitative estimate of drug-likeness (QED) is 0.389. The van der Waals surface area contributed by atoms with Crippen LogP contribution in [0.1, 0.15) is 6.42 Å². The molecule has 54 valence electrons. The predicted octanol–water partition coefficient (Wildman–Crippen LogP) is 1.54. The van der Waals surface area contributed by atoms with Crippen LogP contribution in [0.2, 0.25) is 0 Å². The lowest BCUT2D eigenvalue weighted by Crippen LogP contribution is -2.19. The topological polar surface area (TPSA) is 12.0 Å². The van der Waals surface area contributed by atoms with Crippen LogP contribution in [0.5, 0.6) is 0 Å². The van der Waals surface area contributed by atoms with Gasteiger partial charge in [-0.15, -0.1) is 11.8 Å². The van der Waals surface area contributed by atoms with Crippen molar-refractivity contribution in [3.05, 3.63) is 0 Å². The number of nitrogens with one attached hydrogen (secondary N) is 1. The summed E-state index contributed by atoms with van der Waals surface area (Å²) in [6.07, 6.45) is 3.04. The normalized spacial score (nSPS) is 9.11. The molecule has 0 heterocycles. The van der Waals surface area contributed by atoms with Crippen LogP contribution < -0.4 is 5.32 Å². The van der Waals surface area contributed by atoms with Gasteiger partial charge in [-0.1, -0.05) is 12.2 Å². The Hall–Kier alpha value is 0.590. The first-order valence-electron chi connectivity index (χ1n) is 2.74. The minimum atomic E-state index is 0.872. The van der Waals surface area contributed by atoms with Gasteiger partial charge >= 0.3 is 0 Å². The highest BCUT2D eigenvalue weighted by molar-refractivity contribution is 8.22. The molecule has 0 aliphatic carbocycles. The van der Waals surface area contributed by atoms with E-state index in [2.05, 4.69) is 17.9 Å². The minimum absolute atomic E-state index is 0.872. The van der Waals surface area contributed by atoms with Crippen LogP contribution >= 0.6 is 36.6 Å². The second-order valence-corrected chi connectivity index (χ2v) is 3.43. The van der Waals surface area contributed by atoms with Gasteiger partial charge in [0.2, 0.25) is 0 Å². The molecule has 1 nitrogen and oxygen atoms in total. The maximum absolute atomic E-state index is 4.90. The van der Waals surface area contributed by atoms with E-state index in [1.807, 2.05) is 6.26 Å². The Balaban J connectivity index is 2.97. The van der Waals surface area contributed by atoms with E-state index in [0.717, 1.165) is 23.0 Å². The molecule has 0 saturated heterocycles. The molecular formula is C5H11NS3. The van der Waals surface area contributed by atoms with Crippen LogP contribution in [0.3, 0.4) is 0 Å². The summed E-state index contributed by atoms with van der Waals surface area (Å²) < 4.78 is 0.872. The number of thiocarbonyl (C=S) groups is 1. The average Bonchev–Trinajstić information content (AvgIpc) is 1.89. The van der Waals surface area contributed by atoms with Crippen LogP contribution in [0.15, 0.2) is 0 Å². The fourth-order valence-corrected chi connectivity index (χ4v) is 0.848. The molecule has 0 amide bonds. The third-order valence-corrected chi connectivity index (χ3v) is 2.27. The average molecular weight is 181 g/mol. The summed E-state index contributed by atoms with van der Waals surface area (Å²) in [5.74, 6) is 0.921. The highest BCUT2D eigenvalue weighted by Gasteiger charge is 1.88. The van der Waals surface area contributed by atoms with Gasteiger partial charge in [0.25, 0.3) is 0 Å². The van der Waals surface area contributed by atoms with Gasteiger partial charge in [0.1, 0.15) is 4.32 Å². The molecule has 0 aromatic heterocycles. The van der Waals surface area contributed by atoms with Gasteiger partial charge in [-0.3, -0.25) is 0 Å². The summed E-state index contributed by atoms with van der Waals surface area (Å²) in [5, 5.41) is 3.08. The van der Waals surface area contributed by atoms with Gasteiger partial charge in [-0.2, -0.15) is 12.6 Å². The number of hydrogen-bond acceptors (Lipinski definition) is 3. The highest BCUT2D eigenvalue weighted by Crippen LogP contribution is 1.93. The lowest BCUT2D eigenvalue weighted by molar-refractivity contribution is 0.865. The van der Waals surface area contributed by atoms with Gasteiger partial charge in [-0.25, -0.2) is 0 Å². The fraction of sp³-hybridized carbons (Fsp3) is 0.800. The molecule has 0 unspecified atom stereocenters. The number of thioether (sulfide) groups is 1. The molecule has 0 spiro atoms. The third-order valence-electron chi connectivity index (χ3n) is 0.790. The van der Waals surface area contributed by atoms with Crippen molar-refractivity contribution in [1.82, 2.24) is 5.32 Å². The Morgan fingerprint density at radius 3 is 2.89 bits per heavy atom. The first-order valence-corrected chi connectivity index (χ1v) is 5.00. The van der Waals surface area contributed by atoms with E-state index in [1.165, 1.54) is 0 Å². The summed E-state index contributed by atoms with van der Waals surface area (Å²) in [5.41, 5.74) is 0. The molecule has 9 heavy (non-hydrogen) atoms. The van der Waals surface area contributed by atoms with Crippen molar-refractivity contribution in [3.8, 4) is 0 Å². The van der Waals surface area contributed by atoms with Crippen molar-refractivity contribution in [1.29, 1.82) is 0 Å². The van der Waals surface area contributed by atoms with Crippen LogP contribution in [0, 0.1) is 0 Å². The second kappa shape index (κ2) is 6.71. The second-order valence-electron chi connectivity index (χ2n) is 1.50. The molecule has 0 atom stereocenters. The zero-order valence-corrected chi connectivity index (χ0v) is 7.91. The van der Waals surface area contributed by atoms with Gasteiger partial charge in [0, 0.05) is 6.54 Å². The van der Waals surface area contributed by atoms with Gasteiger partial charge < -0.3 is 5.32 Å². The van der Waals surface area contributed by atoms with Crippen LogP contribution in [-0.2, 0) is 0 Å². The number of thiol groups is 1. The maximum Gasteiger partial charge on any atom is 0.133 e. The molecule has 1 N–H and O–H groups in total.